The number of hydrogen-bond donors (Lipinski definition) is 0. The molecule has 3 heteroatoms. The Kier molecular flexibility index (Phi) is 15.0. The molecule has 0 aliphatic carbocycles. The molecule has 0 spiro atoms. The molecule has 0 aromatic rings. The number of hydrogen-bond acceptors (Lipinski definition) is 3. The third-order valence-corrected chi connectivity index (χ3v) is 2.48. The van der Waals surface area contributed by atoms with E-state index in [1.165, 1.54) is 44.8 Å². The second kappa shape index (κ2) is 15.5. The average molecular weight is 244 g/mol. The summed E-state index contributed by atoms with van der Waals surface area (Å²) in [7, 11) is 0. The number of unbranched alkanes of at least 4 members (excludes halogenated alkanes) is 5. The third kappa shape index (κ3) is 15.5. The van der Waals surface area contributed by atoms with E-state index in [0.29, 0.717) is 26.4 Å². The van der Waals surface area contributed by atoms with Crippen molar-refractivity contribution >= 4 is 0 Å². The van der Waals surface area contributed by atoms with Gasteiger partial charge in [-0.25, -0.2) is 0 Å². The van der Waals surface area contributed by atoms with Crippen molar-refractivity contribution in [3.63, 3.8) is 0 Å². The van der Waals surface area contributed by atoms with Crippen LogP contribution in [0.1, 0.15) is 45.4 Å². The van der Waals surface area contributed by atoms with Crippen LogP contribution in [0.2, 0.25) is 0 Å². The summed E-state index contributed by atoms with van der Waals surface area (Å²) in [5, 5.41) is 0. The van der Waals surface area contributed by atoms with Gasteiger partial charge in [-0.1, -0.05) is 45.6 Å². The molecular formula is C14H28O3. The van der Waals surface area contributed by atoms with Crippen LogP contribution in [0.5, 0.6) is 0 Å². The summed E-state index contributed by atoms with van der Waals surface area (Å²) in [5.41, 5.74) is 0. The zero-order valence-corrected chi connectivity index (χ0v) is 11.3. The first-order valence-electron chi connectivity index (χ1n) is 6.79. The normalized spacial score (nSPS) is 10.4. The van der Waals surface area contributed by atoms with Crippen molar-refractivity contribution in [2.75, 3.05) is 33.0 Å². The highest BCUT2D eigenvalue weighted by atomic mass is 16.5. The monoisotopic (exact) mass is 244 g/mol. The molecule has 0 radical (unpaired) electrons. The Morgan fingerprint density at radius 3 is 2.06 bits per heavy atom. The molecule has 0 N–H and O–H groups in total. The van der Waals surface area contributed by atoms with Crippen LogP contribution in [0.3, 0.4) is 0 Å². The lowest BCUT2D eigenvalue weighted by Crippen LogP contribution is -2.08. The van der Waals surface area contributed by atoms with Crippen LogP contribution in [0.4, 0.5) is 0 Å². The van der Waals surface area contributed by atoms with E-state index in [2.05, 4.69) is 13.5 Å². The Morgan fingerprint density at radius 1 is 0.765 bits per heavy atom. The van der Waals surface area contributed by atoms with Gasteiger partial charge < -0.3 is 14.2 Å². The minimum atomic E-state index is 0.570. The van der Waals surface area contributed by atoms with Gasteiger partial charge in [0.05, 0.1) is 26.1 Å². The molecule has 0 saturated heterocycles. The topological polar surface area (TPSA) is 27.7 Å². The summed E-state index contributed by atoms with van der Waals surface area (Å²) in [6.07, 6.45) is 9.26. The molecule has 0 saturated carbocycles. The van der Waals surface area contributed by atoms with Crippen molar-refractivity contribution in [2.45, 2.75) is 45.4 Å². The second-order valence-electron chi connectivity index (χ2n) is 4.03. The highest BCUT2D eigenvalue weighted by molar-refractivity contribution is 4.47. The Bertz CT molecular complexity index is 148. The minimum Gasteiger partial charge on any atom is -0.499 e. The molecule has 0 bridgehead atoms. The van der Waals surface area contributed by atoms with Crippen LogP contribution in [0.25, 0.3) is 0 Å². The Hall–Kier alpha value is -0.540. The van der Waals surface area contributed by atoms with E-state index in [9.17, 15) is 0 Å². The van der Waals surface area contributed by atoms with Crippen LogP contribution in [0.15, 0.2) is 12.8 Å². The number of rotatable bonds is 14. The van der Waals surface area contributed by atoms with Gasteiger partial charge in [-0.3, -0.25) is 0 Å². The minimum absolute atomic E-state index is 0.570. The Balaban J connectivity index is 2.87. The zero-order valence-electron chi connectivity index (χ0n) is 11.3. The smallest absolute Gasteiger partial charge is 0.111 e. The SMILES string of the molecule is C=COCCOCCOCCCCCCCC. The van der Waals surface area contributed by atoms with Crippen molar-refractivity contribution in [3.8, 4) is 0 Å². The molecule has 17 heavy (non-hydrogen) atoms. The lowest BCUT2D eigenvalue weighted by molar-refractivity contribution is 0.0296. The molecular weight excluding hydrogens is 216 g/mol. The van der Waals surface area contributed by atoms with Crippen LogP contribution in [-0.4, -0.2) is 33.0 Å². The first-order chi connectivity index (χ1) is 8.41. The lowest BCUT2D eigenvalue weighted by atomic mass is 10.1. The van der Waals surface area contributed by atoms with Crippen molar-refractivity contribution < 1.29 is 14.2 Å². The maximum absolute atomic E-state index is 5.46. The van der Waals surface area contributed by atoms with E-state index in [1.807, 2.05) is 0 Å². The fraction of sp³-hybridized carbons (Fsp3) is 0.857. The van der Waals surface area contributed by atoms with Crippen LogP contribution >= 0.6 is 0 Å². The highest BCUT2D eigenvalue weighted by Crippen LogP contribution is 2.04. The summed E-state index contributed by atoms with van der Waals surface area (Å²) >= 11 is 0. The lowest BCUT2D eigenvalue weighted by Gasteiger charge is -2.05. The summed E-state index contributed by atoms with van der Waals surface area (Å²) in [5.74, 6) is 0. The molecule has 0 atom stereocenters. The van der Waals surface area contributed by atoms with E-state index in [4.69, 9.17) is 14.2 Å². The van der Waals surface area contributed by atoms with Crippen molar-refractivity contribution in [3.05, 3.63) is 12.8 Å². The van der Waals surface area contributed by atoms with E-state index >= 15 is 0 Å². The molecule has 0 aliphatic heterocycles. The highest BCUT2D eigenvalue weighted by Gasteiger charge is 1.92. The average Bonchev–Trinajstić information content (AvgIpc) is 2.35. The van der Waals surface area contributed by atoms with Crippen molar-refractivity contribution in [2.24, 2.45) is 0 Å². The summed E-state index contributed by atoms with van der Waals surface area (Å²) in [4.78, 5) is 0. The molecule has 0 aromatic carbocycles. The van der Waals surface area contributed by atoms with Gasteiger partial charge in [0.15, 0.2) is 0 Å². The molecule has 0 fully saturated rings. The van der Waals surface area contributed by atoms with E-state index in [-0.39, 0.29) is 0 Å². The summed E-state index contributed by atoms with van der Waals surface area (Å²) in [6.45, 7) is 9.06. The Labute approximate surface area is 106 Å². The van der Waals surface area contributed by atoms with Crippen LogP contribution in [0, 0.1) is 0 Å². The summed E-state index contributed by atoms with van der Waals surface area (Å²) in [6, 6.07) is 0. The van der Waals surface area contributed by atoms with Gasteiger partial charge >= 0.3 is 0 Å². The second-order valence-corrected chi connectivity index (χ2v) is 4.03. The number of ether oxygens (including phenoxy) is 3. The fourth-order valence-electron chi connectivity index (χ4n) is 1.50. The maximum atomic E-state index is 5.46. The van der Waals surface area contributed by atoms with E-state index < -0.39 is 0 Å². The molecule has 0 amide bonds. The molecule has 102 valence electrons. The molecule has 0 rings (SSSR count). The quantitative estimate of drug-likeness (QED) is 0.345. The fourth-order valence-corrected chi connectivity index (χ4v) is 1.50. The van der Waals surface area contributed by atoms with Crippen LogP contribution in [-0.2, 0) is 14.2 Å². The van der Waals surface area contributed by atoms with Gasteiger partial charge in [0.1, 0.15) is 6.61 Å². The standard InChI is InChI=1S/C14H28O3/c1-3-5-6-7-8-9-10-16-13-14-17-12-11-15-4-2/h4H,2-3,5-14H2,1H3. The van der Waals surface area contributed by atoms with E-state index in [0.717, 1.165) is 6.61 Å². The van der Waals surface area contributed by atoms with Crippen LogP contribution < -0.4 is 0 Å². The van der Waals surface area contributed by atoms with Gasteiger partial charge in [0.2, 0.25) is 0 Å². The predicted octanol–water partition coefficient (Wildman–Crippen LogP) is 3.54. The first kappa shape index (κ1) is 16.5. The third-order valence-electron chi connectivity index (χ3n) is 2.48. The zero-order chi connectivity index (χ0) is 12.6. The molecule has 0 aromatic heterocycles. The maximum Gasteiger partial charge on any atom is 0.111 e. The largest absolute Gasteiger partial charge is 0.499 e. The van der Waals surface area contributed by atoms with Crippen molar-refractivity contribution in [1.29, 1.82) is 0 Å². The van der Waals surface area contributed by atoms with Gasteiger partial charge in [-0.2, -0.15) is 0 Å². The molecule has 0 aliphatic rings. The predicted molar refractivity (Wildman–Crippen MR) is 71.2 cm³/mol. The van der Waals surface area contributed by atoms with Crippen molar-refractivity contribution in [1.82, 2.24) is 0 Å². The summed E-state index contributed by atoms with van der Waals surface area (Å²) < 4.78 is 15.7. The van der Waals surface area contributed by atoms with Gasteiger partial charge in [0.25, 0.3) is 0 Å². The first-order valence-corrected chi connectivity index (χ1v) is 6.79. The van der Waals surface area contributed by atoms with Gasteiger partial charge in [-0.05, 0) is 6.42 Å². The Morgan fingerprint density at radius 2 is 1.35 bits per heavy atom. The van der Waals surface area contributed by atoms with Gasteiger partial charge in [-0.15, -0.1) is 0 Å². The van der Waals surface area contributed by atoms with Gasteiger partial charge in [0, 0.05) is 6.61 Å². The molecule has 0 unspecified atom stereocenters. The molecule has 3 nitrogen and oxygen atoms in total. The van der Waals surface area contributed by atoms with E-state index in [1.54, 1.807) is 0 Å². The molecule has 0 heterocycles.